The maximum atomic E-state index is 11.7. The Bertz CT molecular complexity index is 459. The zero-order valence-electron chi connectivity index (χ0n) is 14.9. The van der Waals surface area contributed by atoms with E-state index in [1.807, 2.05) is 19.2 Å². The van der Waals surface area contributed by atoms with Crippen LogP contribution in [0.3, 0.4) is 0 Å². The van der Waals surface area contributed by atoms with Gasteiger partial charge in [0.05, 0.1) is 6.61 Å². The van der Waals surface area contributed by atoms with Gasteiger partial charge < -0.3 is 15.4 Å². The molecule has 1 amide bonds. The van der Waals surface area contributed by atoms with Crippen molar-refractivity contribution in [3.63, 3.8) is 0 Å². The number of hydrogen-bond acceptors (Lipinski definition) is 3. The molecule has 1 aromatic rings. The molecule has 4 nitrogen and oxygen atoms in total. The molecule has 2 N–H and O–H groups in total. The van der Waals surface area contributed by atoms with E-state index < -0.39 is 0 Å². The molecule has 0 saturated heterocycles. The van der Waals surface area contributed by atoms with Gasteiger partial charge in [-0.25, -0.2) is 0 Å². The Morgan fingerprint density at radius 3 is 2.35 bits per heavy atom. The molecular weight excluding hydrogens is 312 g/mol. The quantitative estimate of drug-likeness (QED) is 0.724. The van der Waals surface area contributed by atoms with Gasteiger partial charge in [0.1, 0.15) is 5.75 Å². The maximum absolute atomic E-state index is 11.7. The summed E-state index contributed by atoms with van der Waals surface area (Å²) in [6.45, 7) is 10.6. The minimum Gasteiger partial charge on any atom is -0.493 e. The van der Waals surface area contributed by atoms with E-state index in [1.54, 1.807) is 0 Å². The van der Waals surface area contributed by atoms with Crippen LogP contribution in [0.15, 0.2) is 24.3 Å². The Morgan fingerprint density at radius 2 is 1.83 bits per heavy atom. The van der Waals surface area contributed by atoms with Gasteiger partial charge in [-0.15, -0.1) is 12.4 Å². The SMILES string of the molecule is CNCCC(=O)NCC(C)(C)c1ccc(OCC(C)C)cc1.Cl. The van der Waals surface area contributed by atoms with E-state index in [2.05, 4.69) is 50.5 Å². The average Bonchev–Trinajstić information content (AvgIpc) is 2.49. The molecule has 1 rings (SSSR count). The molecule has 1 aromatic carbocycles. The van der Waals surface area contributed by atoms with Gasteiger partial charge in [-0.2, -0.15) is 0 Å². The Hall–Kier alpha value is -1.26. The van der Waals surface area contributed by atoms with Crippen molar-refractivity contribution in [2.24, 2.45) is 5.92 Å². The number of ether oxygens (including phenoxy) is 1. The Balaban J connectivity index is 0.00000484. The molecule has 0 radical (unpaired) electrons. The lowest BCUT2D eigenvalue weighted by Gasteiger charge is -2.26. The molecule has 0 aromatic heterocycles. The van der Waals surface area contributed by atoms with Crippen LogP contribution in [0.25, 0.3) is 0 Å². The maximum Gasteiger partial charge on any atom is 0.221 e. The fraction of sp³-hybridized carbons (Fsp3) is 0.611. The zero-order chi connectivity index (χ0) is 16.6. The third-order valence-electron chi connectivity index (χ3n) is 3.55. The molecule has 0 unspecified atom stereocenters. The highest BCUT2D eigenvalue weighted by molar-refractivity contribution is 5.85. The highest BCUT2D eigenvalue weighted by Gasteiger charge is 2.21. The summed E-state index contributed by atoms with van der Waals surface area (Å²) in [7, 11) is 1.85. The van der Waals surface area contributed by atoms with E-state index >= 15 is 0 Å². The summed E-state index contributed by atoms with van der Waals surface area (Å²) < 4.78 is 5.70. The molecular formula is C18H31ClN2O2. The van der Waals surface area contributed by atoms with Crippen LogP contribution in [0, 0.1) is 5.92 Å². The molecule has 0 bridgehead atoms. The van der Waals surface area contributed by atoms with E-state index in [9.17, 15) is 4.79 Å². The lowest BCUT2D eigenvalue weighted by molar-refractivity contribution is -0.121. The number of halogens is 1. The summed E-state index contributed by atoms with van der Waals surface area (Å²) >= 11 is 0. The van der Waals surface area contributed by atoms with Crippen molar-refractivity contribution in [3.8, 4) is 5.75 Å². The molecule has 0 fully saturated rings. The normalized spacial score (nSPS) is 11.0. The van der Waals surface area contributed by atoms with E-state index in [-0.39, 0.29) is 23.7 Å². The number of carbonyl (C=O) groups excluding carboxylic acids is 1. The summed E-state index contributed by atoms with van der Waals surface area (Å²) in [4.78, 5) is 11.7. The molecule has 0 aliphatic heterocycles. The van der Waals surface area contributed by atoms with Crippen LogP contribution >= 0.6 is 12.4 Å². The number of benzene rings is 1. The smallest absolute Gasteiger partial charge is 0.221 e. The van der Waals surface area contributed by atoms with Crippen molar-refractivity contribution in [1.29, 1.82) is 0 Å². The van der Waals surface area contributed by atoms with Crippen molar-refractivity contribution < 1.29 is 9.53 Å². The van der Waals surface area contributed by atoms with Crippen molar-refractivity contribution in [2.75, 3.05) is 26.7 Å². The Labute approximate surface area is 146 Å². The second kappa shape index (κ2) is 10.5. The van der Waals surface area contributed by atoms with E-state index in [0.29, 0.717) is 25.4 Å². The summed E-state index contributed by atoms with van der Waals surface area (Å²) in [5.41, 5.74) is 1.09. The minimum absolute atomic E-state index is 0. The van der Waals surface area contributed by atoms with Gasteiger partial charge in [0, 0.05) is 24.9 Å². The molecule has 0 aliphatic rings. The molecule has 0 saturated carbocycles. The van der Waals surface area contributed by atoms with Gasteiger partial charge in [0.25, 0.3) is 0 Å². The summed E-state index contributed by atoms with van der Waals surface area (Å²) in [5, 5.41) is 5.98. The average molecular weight is 343 g/mol. The van der Waals surface area contributed by atoms with Crippen molar-refractivity contribution in [1.82, 2.24) is 10.6 Å². The number of nitrogens with one attached hydrogen (secondary N) is 2. The van der Waals surface area contributed by atoms with Crippen LogP contribution < -0.4 is 15.4 Å². The molecule has 0 heterocycles. The predicted octanol–water partition coefficient (Wildman–Crippen LogP) is 3.15. The topological polar surface area (TPSA) is 50.4 Å². The summed E-state index contributed by atoms with van der Waals surface area (Å²) in [6.07, 6.45) is 0.508. The second-order valence-corrected chi connectivity index (χ2v) is 6.74. The Morgan fingerprint density at radius 1 is 1.22 bits per heavy atom. The van der Waals surface area contributed by atoms with E-state index in [0.717, 1.165) is 12.4 Å². The first-order chi connectivity index (χ1) is 10.3. The number of carbonyl (C=O) groups is 1. The lowest BCUT2D eigenvalue weighted by atomic mass is 9.84. The monoisotopic (exact) mass is 342 g/mol. The molecule has 0 spiro atoms. The molecule has 23 heavy (non-hydrogen) atoms. The van der Waals surface area contributed by atoms with Gasteiger partial charge in [-0.1, -0.05) is 39.8 Å². The highest BCUT2D eigenvalue weighted by atomic mass is 35.5. The summed E-state index contributed by atoms with van der Waals surface area (Å²) in [6, 6.07) is 8.16. The number of amides is 1. The van der Waals surface area contributed by atoms with Crippen LogP contribution in [0.4, 0.5) is 0 Å². The third-order valence-corrected chi connectivity index (χ3v) is 3.55. The first kappa shape index (κ1) is 21.7. The standard InChI is InChI=1S/C18H30N2O2.ClH/c1-14(2)12-22-16-8-6-15(7-9-16)18(3,4)13-20-17(21)10-11-19-5;/h6-9,14,19H,10-13H2,1-5H3,(H,20,21);1H. The predicted molar refractivity (Wildman–Crippen MR) is 98.6 cm³/mol. The lowest BCUT2D eigenvalue weighted by Crippen LogP contribution is -2.37. The molecule has 132 valence electrons. The largest absolute Gasteiger partial charge is 0.493 e. The fourth-order valence-corrected chi connectivity index (χ4v) is 2.01. The first-order valence-electron chi connectivity index (χ1n) is 8.00. The third kappa shape index (κ3) is 8.24. The van der Waals surface area contributed by atoms with E-state index in [4.69, 9.17) is 4.74 Å². The van der Waals surface area contributed by atoms with Crippen molar-refractivity contribution in [2.45, 2.75) is 39.5 Å². The van der Waals surface area contributed by atoms with Crippen LogP contribution in [0.5, 0.6) is 5.75 Å². The number of rotatable bonds is 9. The van der Waals surface area contributed by atoms with E-state index in [1.165, 1.54) is 5.56 Å². The van der Waals surface area contributed by atoms with Gasteiger partial charge >= 0.3 is 0 Å². The molecule has 0 atom stereocenters. The second-order valence-electron chi connectivity index (χ2n) is 6.74. The van der Waals surface area contributed by atoms with Crippen LogP contribution in [0.2, 0.25) is 0 Å². The van der Waals surface area contributed by atoms with Crippen molar-refractivity contribution >= 4 is 18.3 Å². The molecule has 5 heteroatoms. The summed E-state index contributed by atoms with van der Waals surface area (Å²) in [5.74, 6) is 1.49. The van der Waals surface area contributed by atoms with Gasteiger partial charge in [0.15, 0.2) is 0 Å². The number of hydrogen-bond donors (Lipinski definition) is 2. The van der Waals surface area contributed by atoms with Crippen LogP contribution in [-0.2, 0) is 10.2 Å². The van der Waals surface area contributed by atoms with Gasteiger partial charge in [0.2, 0.25) is 5.91 Å². The molecule has 0 aliphatic carbocycles. The van der Waals surface area contributed by atoms with Gasteiger partial charge in [-0.3, -0.25) is 4.79 Å². The van der Waals surface area contributed by atoms with Crippen LogP contribution in [0.1, 0.15) is 39.7 Å². The van der Waals surface area contributed by atoms with Crippen LogP contribution in [-0.4, -0.2) is 32.7 Å². The fourth-order valence-electron chi connectivity index (χ4n) is 2.01. The minimum atomic E-state index is -0.105. The zero-order valence-corrected chi connectivity index (χ0v) is 15.8. The highest BCUT2D eigenvalue weighted by Crippen LogP contribution is 2.24. The van der Waals surface area contributed by atoms with Crippen molar-refractivity contribution in [3.05, 3.63) is 29.8 Å². The Kier molecular flexibility index (Phi) is 9.93. The van der Waals surface area contributed by atoms with Gasteiger partial charge in [-0.05, 0) is 30.7 Å². The first-order valence-corrected chi connectivity index (χ1v) is 8.00.